The highest BCUT2D eigenvalue weighted by atomic mass is 35.5. The highest BCUT2D eigenvalue weighted by Gasteiger charge is 2.30. The number of aliphatic hydroxyl groups is 1. The first-order valence-corrected chi connectivity index (χ1v) is 7.20. The number of halogens is 1. The molecule has 2 N–H and O–H groups in total. The molecular formula is C17H20ClNO. The molecule has 0 aliphatic carbocycles. The number of anilines is 1. The Labute approximate surface area is 125 Å². The molecule has 0 fully saturated rings. The molecule has 0 aromatic heterocycles. The highest BCUT2D eigenvalue weighted by molar-refractivity contribution is 6.30. The molecule has 0 radical (unpaired) electrons. The Balaban J connectivity index is 2.42. The topological polar surface area (TPSA) is 32.3 Å². The van der Waals surface area contributed by atoms with Gasteiger partial charge in [-0.1, -0.05) is 48.9 Å². The Bertz CT molecular complexity index is 579. The van der Waals surface area contributed by atoms with Gasteiger partial charge in [-0.15, -0.1) is 0 Å². The van der Waals surface area contributed by atoms with Crippen LogP contribution in [0.15, 0.2) is 48.5 Å². The molecule has 2 aromatic rings. The molecule has 20 heavy (non-hydrogen) atoms. The van der Waals surface area contributed by atoms with Crippen molar-refractivity contribution >= 4 is 17.3 Å². The summed E-state index contributed by atoms with van der Waals surface area (Å²) in [4.78, 5) is 0. The summed E-state index contributed by atoms with van der Waals surface area (Å²) < 4.78 is 0. The Morgan fingerprint density at radius 1 is 1.15 bits per heavy atom. The van der Waals surface area contributed by atoms with E-state index in [1.54, 1.807) is 0 Å². The summed E-state index contributed by atoms with van der Waals surface area (Å²) in [6, 6.07) is 15.7. The van der Waals surface area contributed by atoms with Gasteiger partial charge in [0.1, 0.15) is 0 Å². The first-order chi connectivity index (χ1) is 9.61. The van der Waals surface area contributed by atoms with Gasteiger partial charge in [0.2, 0.25) is 0 Å². The van der Waals surface area contributed by atoms with Crippen LogP contribution in [-0.2, 0) is 5.54 Å². The number of nitrogens with one attached hydrogen (secondary N) is 1. The maximum atomic E-state index is 9.97. The first kappa shape index (κ1) is 14.9. The Kier molecular flexibility index (Phi) is 4.69. The number of benzene rings is 2. The summed E-state index contributed by atoms with van der Waals surface area (Å²) in [6.45, 7) is 4.12. The van der Waals surface area contributed by atoms with Crippen molar-refractivity contribution in [3.05, 3.63) is 64.7 Å². The molecule has 1 atom stereocenters. The van der Waals surface area contributed by atoms with E-state index in [1.807, 2.05) is 42.5 Å². The fraction of sp³-hybridized carbons (Fsp3) is 0.294. The van der Waals surface area contributed by atoms with Gasteiger partial charge < -0.3 is 10.4 Å². The summed E-state index contributed by atoms with van der Waals surface area (Å²) in [5.41, 5.74) is 2.67. The van der Waals surface area contributed by atoms with E-state index in [1.165, 1.54) is 0 Å². The van der Waals surface area contributed by atoms with Gasteiger partial charge in [-0.2, -0.15) is 0 Å². The van der Waals surface area contributed by atoms with E-state index in [0.717, 1.165) is 23.2 Å². The smallest absolute Gasteiger partial charge is 0.0854 e. The van der Waals surface area contributed by atoms with Gasteiger partial charge in [0.05, 0.1) is 12.1 Å². The fourth-order valence-corrected chi connectivity index (χ4v) is 2.55. The van der Waals surface area contributed by atoms with E-state index in [2.05, 4.69) is 25.2 Å². The van der Waals surface area contributed by atoms with Gasteiger partial charge in [-0.25, -0.2) is 0 Å². The zero-order valence-electron chi connectivity index (χ0n) is 11.9. The van der Waals surface area contributed by atoms with Crippen LogP contribution in [0.25, 0.3) is 0 Å². The van der Waals surface area contributed by atoms with Crippen LogP contribution in [0.1, 0.15) is 24.5 Å². The minimum Gasteiger partial charge on any atom is -0.394 e. The summed E-state index contributed by atoms with van der Waals surface area (Å²) in [7, 11) is 0. The van der Waals surface area contributed by atoms with Crippen molar-refractivity contribution in [2.24, 2.45) is 0 Å². The average Bonchev–Trinajstić information content (AvgIpc) is 2.47. The average molecular weight is 290 g/mol. The van der Waals surface area contributed by atoms with Crippen molar-refractivity contribution in [3.63, 3.8) is 0 Å². The lowest BCUT2D eigenvalue weighted by molar-refractivity contribution is 0.207. The molecular weight excluding hydrogens is 270 g/mol. The van der Waals surface area contributed by atoms with Gasteiger partial charge in [0.25, 0.3) is 0 Å². The third-order valence-electron chi connectivity index (χ3n) is 3.77. The van der Waals surface area contributed by atoms with E-state index in [9.17, 15) is 5.11 Å². The van der Waals surface area contributed by atoms with Crippen molar-refractivity contribution in [1.29, 1.82) is 0 Å². The molecule has 3 heteroatoms. The number of para-hydroxylation sites is 1. The molecule has 0 aliphatic rings. The van der Waals surface area contributed by atoms with Gasteiger partial charge in [0, 0.05) is 10.7 Å². The third kappa shape index (κ3) is 2.97. The molecule has 2 rings (SSSR count). The molecule has 0 amide bonds. The number of aliphatic hydroxyl groups excluding tert-OH is 1. The second kappa shape index (κ2) is 6.29. The quantitative estimate of drug-likeness (QED) is 0.857. The van der Waals surface area contributed by atoms with Crippen molar-refractivity contribution < 1.29 is 5.11 Å². The van der Waals surface area contributed by atoms with Crippen LogP contribution in [0.4, 0.5) is 5.69 Å². The van der Waals surface area contributed by atoms with Gasteiger partial charge >= 0.3 is 0 Å². The number of aryl methyl sites for hydroxylation is 1. The number of rotatable bonds is 5. The lowest BCUT2D eigenvalue weighted by atomic mass is 9.87. The highest BCUT2D eigenvalue weighted by Crippen LogP contribution is 2.32. The fourth-order valence-electron chi connectivity index (χ4n) is 2.36. The first-order valence-electron chi connectivity index (χ1n) is 6.82. The van der Waals surface area contributed by atoms with E-state index in [-0.39, 0.29) is 6.61 Å². The minimum atomic E-state index is -0.517. The zero-order valence-corrected chi connectivity index (χ0v) is 12.6. The van der Waals surface area contributed by atoms with Crippen LogP contribution in [0.2, 0.25) is 5.02 Å². The standard InChI is InChI=1S/C17H20ClNO/c1-3-17(12-20,14-8-6-9-15(18)11-14)19-16-10-5-4-7-13(16)2/h4-11,19-20H,3,12H2,1-2H3. The van der Waals surface area contributed by atoms with Crippen LogP contribution >= 0.6 is 11.6 Å². The summed E-state index contributed by atoms with van der Waals surface area (Å²) in [5.74, 6) is 0. The van der Waals surface area contributed by atoms with Crippen molar-refractivity contribution in [2.75, 3.05) is 11.9 Å². The van der Waals surface area contributed by atoms with E-state index in [4.69, 9.17) is 11.6 Å². The molecule has 0 heterocycles. The molecule has 1 unspecified atom stereocenters. The van der Waals surface area contributed by atoms with Crippen molar-refractivity contribution in [2.45, 2.75) is 25.8 Å². The van der Waals surface area contributed by atoms with Gasteiger partial charge in [0.15, 0.2) is 0 Å². The van der Waals surface area contributed by atoms with E-state index < -0.39 is 5.54 Å². The van der Waals surface area contributed by atoms with Crippen LogP contribution < -0.4 is 5.32 Å². The number of hydrogen-bond acceptors (Lipinski definition) is 2. The summed E-state index contributed by atoms with van der Waals surface area (Å²) >= 11 is 6.09. The molecule has 0 bridgehead atoms. The molecule has 0 saturated carbocycles. The molecule has 2 aromatic carbocycles. The van der Waals surface area contributed by atoms with Gasteiger partial charge in [-0.3, -0.25) is 0 Å². The second-order valence-corrected chi connectivity index (χ2v) is 5.48. The predicted molar refractivity (Wildman–Crippen MR) is 85.3 cm³/mol. The largest absolute Gasteiger partial charge is 0.394 e. The van der Waals surface area contributed by atoms with Crippen molar-refractivity contribution in [3.8, 4) is 0 Å². The predicted octanol–water partition coefficient (Wildman–Crippen LogP) is 4.36. The normalized spacial score (nSPS) is 13.8. The Hall–Kier alpha value is -1.51. The zero-order chi connectivity index (χ0) is 14.6. The summed E-state index contributed by atoms with van der Waals surface area (Å²) in [5, 5.41) is 14.1. The SMILES string of the molecule is CCC(CO)(Nc1ccccc1C)c1cccc(Cl)c1. The van der Waals surface area contributed by atoms with Crippen LogP contribution in [0.5, 0.6) is 0 Å². The summed E-state index contributed by atoms with van der Waals surface area (Å²) in [6.07, 6.45) is 0.762. The van der Waals surface area contributed by atoms with E-state index >= 15 is 0 Å². The molecule has 2 nitrogen and oxygen atoms in total. The Morgan fingerprint density at radius 2 is 1.90 bits per heavy atom. The molecule has 0 saturated heterocycles. The lowest BCUT2D eigenvalue weighted by Crippen LogP contribution is -2.38. The van der Waals surface area contributed by atoms with E-state index in [0.29, 0.717) is 5.02 Å². The Morgan fingerprint density at radius 3 is 2.50 bits per heavy atom. The van der Waals surface area contributed by atoms with Crippen LogP contribution in [0.3, 0.4) is 0 Å². The monoisotopic (exact) mass is 289 g/mol. The van der Waals surface area contributed by atoms with Crippen molar-refractivity contribution in [1.82, 2.24) is 0 Å². The second-order valence-electron chi connectivity index (χ2n) is 5.04. The molecule has 0 aliphatic heterocycles. The lowest BCUT2D eigenvalue weighted by Gasteiger charge is -2.34. The molecule has 0 spiro atoms. The third-order valence-corrected chi connectivity index (χ3v) is 4.00. The minimum absolute atomic E-state index is 0.0121. The maximum Gasteiger partial charge on any atom is 0.0854 e. The molecule has 106 valence electrons. The maximum absolute atomic E-state index is 9.97. The number of hydrogen-bond donors (Lipinski definition) is 2. The van der Waals surface area contributed by atoms with Crippen LogP contribution in [-0.4, -0.2) is 11.7 Å². The van der Waals surface area contributed by atoms with Crippen LogP contribution in [0, 0.1) is 6.92 Å². The van der Waals surface area contributed by atoms with Gasteiger partial charge in [-0.05, 0) is 42.7 Å².